The van der Waals surface area contributed by atoms with Crippen LogP contribution in [0.2, 0.25) is 0 Å². The molecule has 26 heavy (non-hydrogen) atoms. The maximum Gasteiger partial charge on any atom is 0.173 e. The Morgan fingerprint density at radius 3 is 2.62 bits per heavy atom. The third kappa shape index (κ3) is 4.88. The van der Waals surface area contributed by atoms with Gasteiger partial charge in [0.15, 0.2) is 5.17 Å². The highest BCUT2D eigenvalue weighted by atomic mass is 32.2. The van der Waals surface area contributed by atoms with E-state index in [2.05, 4.69) is 57.1 Å². The number of nitrogens with zero attached hydrogens (tertiary/aromatic N) is 2. The number of thiophene rings is 1. The number of amidine groups is 1. The molecule has 0 aliphatic carbocycles. The van der Waals surface area contributed by atoms with Crippen molar-refractivity contribution in [2.45, 2.75) is 44.1 Å². The van der Waals surface area contributed by atoms with Crippen LogP contribution in [0.3, 0.4) is 0 Å². The van der Waals surface area contributed by atoms with E-state index in [0.717, 1.165) is 18.3 Å². The maximum absolute atomic E-state index is 4.68. The van der Waals surface area contributed by atoms with Crippen LogP contribution >= 0.6 is 23.1 Å². The Morgan fingerprint density at radius 2 is 1.81 bits per heavy atom. The number of likely N-dealkylation sites (tertiary alicyclic amines) is 1. The first kappa shape index (κ1) is 18.0. The Balaban J connectivity index is 1.32. The Hall–Kier alpha value is -1.34. The molecule has 2 aromatic rings. The van der Waals surface area contributed by atoms with Crippen molar-refractivity contribution < 1.29 is 0 Å². The Labute approximate surface area is 164 Å². The summed E-state index contributed by atoms with van der Waals surface area (Å²) in [6, 6.07) is 15.0. The third-order valence-electron chi connectivity index (χ3n) is 4.81. The predicted octanol–water partition coefficient (Wildman–Crippen LogP) is 4.52. The van der Waals surface area contributed by atoms with Crippen LogP contribution in [0.5, 0.6) is 0 Å². The van der Waals surface area contributed by atoms with E-state index in [4.69, 9.17) is 0 Å². The van der Waals surface area contributed by atoms with Crippen LogP contribution in [0.25, 0.3) is 0 Å². The van der Waals surface area contributed by atoms with Gasteiger partial charge in [0.1, 0.15) is 5.37 Å². The minimum Gasteiger partial charge on any atom is -0.299 e. The molecule has 2 aliphatic rings. The zero-order chi connectivity index (χ0) is 17.6. The average Bonchev–Trinajstić information content (AvgIpc) is 3.25. The minimum absolute atomic E-state index is 0.257. The smallest absolute Gasteiger partial charge is 0.173 e. The van der Waals surface area contributed by atoms with E-state index >= 15 is 0 Å². The molecule has 2 fully saturated rings. The summed E-state index contributed by atoms with van der Waals surface area (Å²) in [6.45, 7) is 4.32. The van der Waals surface area contributed by atoms with Crippen molar-refractivity contribution in [1.29, 1.82) is 0 Å². The number of aliphatic imine (C=N–C) groups is 1. The van der Waals surface area contributed by atoms with Gasteiger partial charge in [-0.05, 0) is 43.6 Å². The molecule has 1 atom stereocenters. The fourth-order valence-corrected chi connectivity index (χ4v) is 5.45. The topological polar surface area (TPSA) is 39.7 Å². The first-order valence-corrected chi connectivity index (χ1v) is 11.1. The molecular weight excluding hydrogens is 360 g/mol. The van der Waals surface area contributed by atoms with E-state index in [9.17, 15) is 0 Å². The molecule has 6 heteroatoms. The van der Waals surface area contributed by atoms with Crippen molar-refractivity contribution in [2.24, 2.45) is 4.99 Å². The first-order chi connectivity index (χ1) is 12.9. The van der Waals surface area contributed by atoms with Gasteiger partial charge in [-0.15, -0.1) is 11.3 Å². The SMILES string of the molecule is c1ccc(CN=C2NNC(c3ccc(CN4CCCCCC4)s3)S2)cc1. The summed E-state index contributed by atoms with van der Waals surface area (Å²) in [5.74, 6) is 0. The molecule has 1 aromatic heterocycles. The lowest BCUT2D eigenvalue weighted by Gasteiger charge is -2.18. The summed E-state index contributed by atoms with van der Waals surface area (Å²) in [6.07, 6.45) is 5.49. The Kier molecular flexibility index (Phi) is 6.27. The Morgan fingerprint density at radius 1 is 1.00 bits per heavy atom. The Bertz CT molecular complexity index is 720. The lowest BCUT2D eigenvalue weighted by molar-refractivity contribution is 0.279. The summed E-state index contributed by atoms with van der Waals surface area (Å²) in [5.41, 5.74) is 7.84. The zero-order valence-electron chi connectivity index (χ0n) is 15.0. The van der Waals surface area contributed by atoms with Gasteiger partial charge in [-0.1, -0.05) is 54.9 Å². The van der Waals surface area contributed by atoms with Crippen LogP contribution in [0.15, 0.2) is 47.5 Å². The fraction of sp³-hybridized carbons (Fsp3) is 0.450. The van der Waals surface area contributed by atoms with Crippen LogP contribution in [0.4, 0.5) is 0 Å². The van der Waals surface area contributed by atoms with E-state index < -0.39 is 0 Å². The molecule has 2 N–H and O–H groups in total. The molecule has 0 spiro atoms. The number of benzene rings is 1. The number of nitrogens with one attached hydrogen (secondary N) is 2. The number of hydrazine groups is 1. The lowest BCUT2D eigenvalue weighted by Crippen LogP contribution is -2.27. The van der Waals surface area contributed by atoms with E-state index in [0.29, 0.717) is 0 Å². The van der Waals surface area contributed by atoms with Crippen LogP contribution in [0, 0.1) is 0 Å². The second-order valence-electron chi connectivity index (χ2n) is 6.87. The normalized spacial score (nSPS) is 23.1. The number of hydrogen-bond acceptors (Lipinski definition) is 5. The van der Waals surface area contributed by atoms with Crippen LogP contribution in [-0.2, 0) is 13.1 Å². The standard InChI is InChI=1S/C20H26N4S2/c1-2-7-13-24(12-6-1)15-17-10-11-18(25-17)19-22-23-20(26-19)21-14-16-8-4-3-5-9-16/h3-5,8-11,19,22H,1-2,6-7,12-15H2,(H,21,23). The largest absolute Gasteiger partial charge is 0.299 e. The fourth-order valence-electron chi connectivity index (χ4n) is 3.39. The second kappa shape index (κ2) is 9.04. The van der Waals surface area contributed by atoms with E-state index in [1.807, 2.05) is 17.4 Å². The summed E-state index contributed by atoms with van der Waals surface area (Å²) in [4.78, 5) is 10.1. The molecule has 2 saturated heterocycles. The summed E-state index contributed by atoms with van der Waals surface area (Å²) < 4.78 is 0. The molecule has 1 unspecified atom stereocenters. The molecule has 0 radical (unpaired) electrons. The molecule has 138 valence electrons. The van der Waals surface area contributed by atoms with Crippen molar-refractivity contribution in [1.82, 2.24) is 15.8 Å². The molecule has 3 heterocycles. The number of thioether (sulfide) groups is 1. The lowest BCUT2D eigenvalue weighted by atomic mass is 10.2. The highest BCUT2D eigenvalue weighted by Crippen LogP contribution is 2.35. The second-order valence-corrected chi connectivity index (χ2v) is 9.16. The molecule has 1 aromatic carbocycles. The molecular formula is C20H26N4S2. The van der Waals surface area contributed by atoms with Crippen molar-refractivity contribution in [3.63, 3.8) is 0 Å². The van der Waals surface area contributed by atoms with E-state index in [1.165, 1.54) is 54.1 Å². The molecule has 0 amide bonds. The van der Waals surface area contributed by atoms with Gasteiger partial charge < -0.3 is 0 Å². The van der Waals surface area contributed by atoms with Gasteiger partial charge in [-0.25, -0.2) is 5.43 Å². The summed E-state index contributed by atoms with van der Waals surface area (Å²) in [7, 11) is 0. The van der Waals surface area contributed by atoms with Crippen LogP contribution in [-0.4, -0.2) is 23.2 Å². The van der Waals surface area contributed by atoms with E-state index in [1.54, 1.807) is 11.8 Å². The van der Waals surface area contributed by atoms with Crippen molar-refractivity contribution >= 4 is 28.3 Å². The summed E-state index contributed by atoms with van der Waals surface area (Å²) in [5, 5.41) is 1.23. The van der Waals surface area contributed by atoms with Gasteiger partial charge in [0.25, 0.3) is 0 Å². The van der Waals surface area contributed by atoms with Crippen molar-refractivity contribution in [3.8, 4) is 0 Å². The van der Waals surface area contributed by atoms with Crippen molar-refractivity contribution in [3.05, 3.63) is 57.8 Å². The molecule has 0 saturated carbocycles. The van der Waals surface area contributed by atoms with Crippen molar-refractivity contribution in [2.75, 3.05) is 13.1 Å². The monoisotopic (exact) mass is 386 g/mol. The maximum atomic E-state index is 4.68. The van der Waals surface area contributed by atoms with E-state index in [-0.39, 0.29) is 5.37 Å². The van der Waals surface area contributed by atoms with Gasteiger partial charge >= 0.3 is 0 Å². The predicted molar refractivity (Wildman–Crippen MR) is 112 cm³/mol. The highest BCUT2D eigenvalue weighted by Gasteiger charge is 2.24. The number of rotatable bonds is 5. The zero-order valence-corrected chi connectivity index (χ0v) is 16.6. The van der Waals surface area contributed by atoms with Gasteiger partial charge in [-0.3, -0.25) is 15.3 Å². The number of hydrogen-bond donors (Lipinski definition) is 2. The average molecular weight is 387 g/mol. The third-order valence-corrected chi connectivity index (χ3v) is 7.15. The minimum atomic E-state index is 0.257. The molecule has 0 bridgehead atoms. The molecule has 4 nitrogen and oxygen atoms in total. The van der Waals surface area contributed by atoms with Crippen LogP contribution in [0.1, 0.15) is 46.4 Å². The molecule has 2 aliphatic heterocycles. The van der Waals surface area contributed by atoms with Gasteiger partial charge in [-0.2, -0.15) is 0 Å². The van der Waals surface area contributed by atoms with Gasteiger partial charge in [0, 0.05) is 16.3 Å². The van der Waals surface area contributed by atoms with Crippen LogP contribution < -0.4 is 10.9 Å². The highest BCUT2D eigenvalue weighted by molar-refractivity contribution is 8.14. The van der Waals surface area contributed by atoms with Gasteiger partial charge in [0.05, 0.1) is 6.54 Å². The van der Waals surface area contributed by atoms with Gasteiger partial charge in [0.2, 0.25) is 0 Å². The summed E-state index contributed by atoms with van der Waals surface area (Å²) >= 11 is 3.70. The first-order valence-electron chi connectivity index (χ1n) is 9.44. The quantitative estimate of drug-likeness (QED) is 0.793. The molecule has 4 rings (SSSR count).